The van der Waals surface area contributed by atoms with Gasteiger partial charge < -0.3 is 5.43 Å². The first-order valence-corrected chi connectivity index (χ1v) is 3.38. The zero-order valence-corrected chi connectivity index (χ0v) is 6.42. The van der Waals surface area contributed by atoms with E-state index in [4.69, 9.17) is 0 Å². The first-order valence-electron chi connectivity index (χ1n) is 3.38. The van der Waals surface area contributed by atoms with Gasteiger partial charge in [0.2, 0.25) is 0 Å². The van der Waals surface area contributed by atoms with Gasteiger partial charge in [-0.3, -0.25) is 0 Å². The topological polar surface area (TPSA) is 52.0 Å². The van der Waals surface area contributed by atoms with Crippen LogP contribution in [0.3, 0.4) is 0 Å². The maximum Gasteiger partial charge on any atom is 0.172 e. The van der Waals surface area contributed by atoms with Crippen LogP contribution in [0.2, 0.25) is 0 Å². The van der Waals surface area contributed by atoms with E-state index in [0.717, 1.165) is 17.4 Å². The minimum Gasteiger partial charge on any atom is -0.304 e. The van der Waals surface area contributed by atoms with E-state index in [-0.39, 0.29) is 0 Å². The van der Waals surface area contributed by atoms with E-state index in [0.29, 0.717) is 0 Å². The van der Waals surface area contributed by atoms with E-state index in [1.165, 1.54) is 0 Å². The van der Waals surface area contributed by atoms with Gasteiger partial charge in [0.15, 0.2) is 5.82 Å². The molecule has 2 N–H and O–H groups in total. The van der Waals surface area contributed by atoms with Crippen molar-refractivity contribution in [3.63, 3.8) is 0 Å². The Labute approximate surface area is 64.5 Å². The molecule has 0 unspecified atom stereocenters. The van der Waals surface area contributed by atoms with E-state index >= 15 is 0 Å². The summed E-state index contributed by atoms with van der Waals surface area (Å²) in [6, 6.07) is 0. The molecule has 0 bridgehead atoms. The van der Waals surface area contributed by atoms with Crippen LogP contribution in [-0.2, 0) is 0 Å². The van der Waals surface area contributed by atoms with Gasteiger partial charge in [0.25, 0.3) is 0 Å². The Balaban J connectivity index is 2.41. The number of hydrogen-bond donors (Lipinski definition) is 2. The molecule has 2 aliphatic rings. The molecule has 0 aromatic carbocycles. The van der Waals surface area contributed by atoms with Crippen molar-refractivity contribution >= 4 is 12.2 Å². The van der Waals surface area contributed by atoms with E-state index in [1.54, 1.807) is 11.3 Å². The van der Waals surface area contributed by atoms with Crippen LogP contribution in [0.15, 0.2) is 21.5 Å². The fourth-order valence-corrected chi connectivity index (χ4v) is 1.03. The molecule has 0 radical (unpaired) electrons. The Kier molecular flexibility index (Phi) is 1.19. The second-order valence-corrected chi connectivity index (χ2v) is 2.44. The number of nitrogens with zero attached hydrogens (tertiary/aromatic N) is 3. The van der Waals surface area contributed by atoms with Crippen LogP contribution in [0.25, 0.3) is 0 Å². The first-order chi connectivity index (χ1) is 5.29. The molecule has 2 heterocycles. The van der Waals surface area contributed by atoms with Crippen molar-refractivity contribution in [1.82, 2.24) is 16.0 Å². The quantitative estimate of drug-likeness (QED) is 0.510. The average Bonchev–Trinajstić information content (AvgIpc) is 2.35. The summed E-state index contributed by atoms with van der Waals surface area (Å²) in [6.07, 6.45) is 1.55. The lowest BCUT2D eigenvalue weighted by Crippen LogP contribution is -2.41. The van der Waals surface area contributed by atoms with Gasteiger partial charge in [-0.2, -0.15) is 0 Å². The Morgan fingerprint density at radius 2 is 2.27 bits per heavy atom. The average molecular weight is 151 g/mol. The minimum absolute atomic E-state index is 0.887. The molecule has 0 aromatic heterocycles. The molecule has 0 amide bonds. The number of hydrazine groups is 2. The molecular weight excluding hydrogens is 142 g/mol. The lowest BCUT2D eigenvalue weighted by atomic mass is 10.4. The zero-order valence-electron chi connectivity index (χ0n) is 6.42. The van der Waals surface area contributed by atoms with Gasteiger partial charge in [0.05, 0.1) is 5.70 Å². The molecule has 58 valence electrons. The lowest BCUT2D eigenvalue weighted by molar-refractivity contribution is 0.374. The maximum absolute atomic E-state index is 4.09. The van der Waals surface area contributed by atoms with Crippen LogP contribution in [0.5, 0.6) is 0 Å². The van der Waals surface area contributed by atoms with Crippen molar-refractivity contribution in [3.05, 3.63) is 11.5 Å². The van der Waals surface area contributed by atoms with E-state index in [1.807, 2.05) is 13.8 Å². The smallest absolute Gasteiger partial charge is 0.172 e. The first kappa shape index (κ1) is 6.36. The second-order valence-electron chi connectivity index (χ2n) is 2.44. The Hall–Kier alpha value is -1.36. The third-order valence-corrected chi connectivity index (χ3v) is 1.65. The van der Waals surface area contributed by atoms with Crippen LogP contribution in [-0.4, -0.2) is 17.2 Å². The minimum atomic E-state index is 0.887. The number of amidine groups is 1. The van der Waals surface area contributed by atoms with Gasteiger partial charge in [0.1, 0.15) is 12.2 Å². The number of nitrogens with one attached hydrogen (secondary N) is 2. The molecule has 11 heavy (non-hydrogen) atoms. The second kappa shape index (κ2) is 2.06. The number of aliphatic imine (C=N–C) groups is 2. The van der Waals surface area contributed by atoms with E-state index in [2.05, 4.69) is 20.9 Å². The van der Waals surface area contributed by atoms with Crippen LogP contribution in [0.1, 0.15) is 13.8 Å². The highest BCUT2D eigenvalue weighted by atomic mass is 15.7. The van der Waals surface area contributed by atoms with Crippen LogP contribution < -0.4 is 11.0 Å². The highest BCUT2D eigenvalue weighted by molar-refractivity contribution is 5.90. The van der Waals surface area contributed by atoms with Gasteiger partial charge >= 0.3 is 0 Å². The van der Waals surface area contributed by atoms with Gasteiger partial charge in [-0.15, -0.1) is 5.53 Å². The Morgan fingerprint density at radius 1 is 1.45 bits per heavy atom. The summed E-state index contributed by atoms with van der Waals surface area (Å²) in [5.74, 6) is 1.77. The summed E-state index contributed by atoms with van der Waals surface area (Å²) in [5.41, 5.74) is 6.89. The normalized spacial score (nSPS) is 21.6. The van der Waals surface area contributed by atoms with Crippen LogP contribution in [0, 0.1) is 0 Å². The predicted octanol–water partition coefficient (Wildman–Crippen LogP) is -0.0395. The molecule has 5 nitrogen and oxygen atoms in total. The molecule has 2 rings (SSSR count). The molecule has 0 aliphatic carbocycles. The monoisotopic (exact) mass is 151 g/mol. The number of rotatable bonds is 0. The van der Waals surface area contributed by atoms with Gasteiger partial charge in [-0.05, 0) is 13.8 Å². The molecule has 0 saturated carbocycles. The van der Waals surface area contributed by atoms with Crippen molar-refractivity contribution in [1.29, 1.82) is 0 Å². The summed E-state index contributed by atoms with van der Waals surface area (Å²) in [4.78, 5) is 8.11. The molecular formula is C6H9N5. The molecule has 5 heteroatoms. The largest absolute Gasteiger partial charge is 0.304 e. The van der Waals surface area contributed by atoms with Gasteiger partial charge in [0, 0.05) is 0 Å². The molecule has 0 saturated heterocycles. The molecule has 0 aromatic rings. The van der Waals surface area contributed by atoms with Crippen molar-refractivity contribution in [3.8, 4) is 0 Å². The molecule has 0 spiro atoms. The number of hydrogen-bond acceptors (Lipinski definition) is 5. The molecule has 0 fully saturated rings. The van der Waals surface area contributed by atoms with Crippen molar-refractivity contribution in [2.24, 2.45) is 9.98 Å². The number of allylic oxidation sites excluding steroid dienone is 1. The zero-order chi connectivity index (χ0) is 7.84. The summed E-state index contributed by atoms with van der Waals surface area (Å²) in [7, 11) is 0. The van der Waals surface area contributed by atoms with Crippen molar-refractivity contribution in [2.45, 2.75) is 13.8 Å². The van der Waals surface area contributed by atoms with E-state index < -0.39 is 0 Å². The standard InChI is InChI=1S/C6H9N5/c1-4-6-8-3-7-5(2)11(6)10-9-4/h3,9-10H,1-2H3. The highest BCUT2D eigenvalue weighted by Gasteiger charge is 2.22. The van der Waals surface area contributed by atoms with Crippen molar-refractivity contribution in [2.75, 3.05) is 0 Å². The summed E-state index contributed by atoms with van der Waals surface area (Å²) >= 11 is 0. The van der Waals surface area contributed by atoms with Gasteiger partial charge in [-0.1, -0.05) is 0 Å². The maximum atomic E-state index is 4.09. The van der Waals surface area contributed by atoms with E-state index in [9.17, 15) is 0 Å². The highest BCUT2D eigenvalue weighted by Crippen LogP contribution is 2.15. The third-order valence-electron chi connectivity index (χ3n) is 1.65. The summed E-state index contributed by atoms with van der Waals surface area (Å²) in [6.45, 7) is 3.87. The van der Waals surface area contributed by atoms with Crippen LogP contribution >= 0.6 is 0 Å². The Bertz CT molecular complexity index is 275. The number of fused-ring (bicyclic) bond motifs is 1. The van der Waals surface area contributed by atoms with Crippen molar-refractivity contribution < 1.29 is 0 Å². The predicted molar refractivity (Wildman–Crippen MR) is 42.4 cm³/mol. The van der Waals surface area contributed by atoms with Crippen LogP contribution in [0.4, 0.5) is 0 Å². The summed E-state index contributed by atoms with van der Waals surface area (Å²) < 4.78 is 0. The fraction of sp³-hybridized carbons (Fsp3) is 0.333. The summed E-state index contributed by atoms with van der Waals surface area (Å²) in [5, 5.41) is 1.80. The fourth-order valence-electron chi connectivity index (χ4n) is 1.03. The molecule has 2 aliphatic heterocycles. The lowest BCUT2D eigenvalue weighted by Gasteiger charge is -2.18. The third kappa shape index (κ3) is 0.813. The SMILES string of the molecule is CC1=NC=NC2=C(C)NNN12. The Morgan fingerprint density at radius 3 is 3.00 bits per heavy atom. The molecule has 0 atom stereocenters. The van der Waals surface area contributed by atoms with Gasteiger partial charge in [-0.25, -0.2) is 15.0 Å².